The van der Waals surface area contributed by atoms with Gasteiger partial charge in [-0.15, -0.1) is 12.4 Å². The molecule has 0 aliphatic heterocycles. The van der Waals surface area contributed by atoms with Crippen molar-refractivity contribution in [2.24, 2.45) is 0 Å². The van der Waals surface area contributed by atoms with Gasteiger partial charge in [0.2, 0.25) is 0 Å². The molecular weight excluding hydrogens is 286 g/mol. The lowest BCUT2D eigenvalue weighted by Crippen LogP contribution is -2.42. The first-order valence-electron chi connectivity index (χ1n) is 10.9. The molecule has 4 heteroatoms. The smallest absolute Gasteiger partial charge is 0.118 e. The Morgan fingerprint density at radius 2 is 1.90 bits per heavy atom. The fourth-order valence-corrected chi connectivity index (χ4v) is 2.88. The molecule has 0 amide bonds. The van der Waals surface area contributed by atoms with Crippen molar-refractivity contribution in [1.82, 2.24) is 4.90 Å². The SMILES string of the molecule is Cl.[2H]C([2H])([2H])N(C([2H])([2H])[2H])C([2H])([2H])[C@H](c1ccc(OC)cc1)C1(O)CCCCC1. The average Bonchev–Trinajstić information content (AvgIpc) is 2.52. The van der Waals surface area contributed by atoms with Gasteiger partial charge in [0.05, 0.1) is 12.7 Å². The summed E-state index contributed by atoms with van der Waals surface area (Å²) in [5.74, 6) is -0.853. The van der Waals surface area contributed by atoms with Crippen LogP contribution < -0.4 is 4.74 Å². The van der Waals surface area contributed by atoms with Gasteiger partial charge in [-0.25, -0.2) is 0 Å². The van der Waals surface area contributed by atoms with Crippen molar-refractivity contribution in [3.63, 3.8) is 0 Å². The number of ether oxygens (including phenoxy) is 1. The minimum absolute atomic E-state index is 0. The zero-order chi connectivity index (χ0) is 21.4. The first-order chi connectivity index (χ1) is 12.7. The Hall–Kier alpha value is -0.770. The summed E-state index contributed by atoms with van der Waals surface area (Å²) in [5.41, 5.74) is -1.24. The molecule has 2 rings (SSSR count). The predicted octanol–water partition coefficient (Wildman–Crippen LogP) is 3.46. The number of methoxy groups -OCH3 is 1. The van der Waals surface area contributed by atoms with E-state index in [2.05, 4.69) is 0 Å². The third-order valence-electron chi connectivity index (χ3n) is 3.96. The van der Waals surface area contributed by atoms with E-state index in [4.69, 9.17) is 15.7 Å². The molecule has 1 saturated carbocycles. The van der Waals surface area contributed by atoms with Crippen LogP contribution in [0.25, 0.3) is 0 Å². The first kappa shape index (κ1) is 9.39. The molecule has 1 fully saturated rings. The molecule has 1 aromatic rings. The van der Waals surface area contributed by atoms with Crippen LogP contribution in [0.3, 0.4) is 0 Å². The minimum atomic E-state index is -3.22. The molecule has 120 valence electrons. The first-order valence-corrected chi connectivity index (χ1v) is 6.90. The second-order valence-electron chi connectivity index (χ2n) is 5.33. The summed E-state index contributed by atoms with van der Waals surface area (Å²) >= 11 is 0. The fourth-order valence-electron chi connectivity index (χ4n) is 2.88. The Balaban J connectivity index is 0.00000420. The van der Waals surface area contributed by atoms with Crippen LogP contribution in [0.4, 0.5) is 0 Å². The topological polar surface area (TPSA) is 32.7 Å². The van der Waals surface area contributed by atoms with Gasteiger partial charge in [-0.2, -0.15) is 0 Å². The zero-order valence-electron chi connectivity index (χ0n) is 20.1. The maximum atomic E-state index is 11.4. The molecule has 0 spiro atoms. The monoisotopic (exact) mass is 321 g/mol. The third-order valence-corrected chi connectivity index (χ3v) is 3.96. The lowest BCUT2D eigenvalue weighted by Gasteiger charge is -2.40. The fraction of sp³-hybridized carbons (Fsp3) is 0.647. The lowest BCUT2D eigenvalue weighted by molar-refractivity contribution is -0.0277. The number of hydrogen-bond acceptors (Lipinski definition) is 3. The summed E-state index contributed by atoms with van der Waals surface area (Å²) in [5, 5.41) is 11.4. The van der Waals surface area contributed by atoms with Crippen LogP contribution in [0.15, 0.2) is 24.3 Å². The van der Waals surface area contributed by atoms with Gasteiger partial charge >= 0.3 is 0 Å². The largest absolute Gasteiger partial charge is 0.497 e. The number of benzene rings is 1. The van der Waals surface area contributed by atoms with E-state index in [-0.39, 0.29) is 30.1 Å². The van der Waals surface area contributed by atoms with Crippen LogP contribution >= 0.6 is 12.4 Å². The molecule has 1 aliphatic rings. The molecule has 1 aromatic carbocycles. The molecular formula is C17H28ClNO2. The zero-order valence-corrected chi connectivity index (χ0v) is 12.9. The summed E-state index contributed by atoms with van der Waals surface area (Å²) in [4.78, 5) is -0.0610. The second-order valence-corrected chi connectivity index (χ2v) is 5.33. The Morgan fingerprint density at radius 3 is 2.43 bits per heavy atom. The van der Waals surface area contributed by atoms with Crippen LogP contribution in [-0.4, -0.2) is 43.2 Å². The molecule has 0 radical (unpaired) electrons. The van der Waals surface area contributed by atoms with E-state index in [9.17, 15) is 5.11 Å². The highest BCUT2D eigenvalue weighted by atomic mass is 35.5. The standard InChI is InChI=1S/C17H27NO2.ClH/c1-18(2)13-16(17(19)11-5-4-6-12-17)14-7-9-15(20-3)10-8-14;/h7-10,16,19H,4-6,11-13H2,1-3H3;1H/t16-;/m1./s1/i1D3,2D3,13D2;. The lowest BCUT2D eigenvalue weighted by atomic mass is 9.72. The van der Waals surface area contributed by atoms with E-state index in [1.165, 1.54) is 7.11 Å². The molecule has 0 unspecified atom stereocenters. The van der Waals surface area contributed by atoms with E-state index in [1.807, 2.05) is 0 Å². The molecule has 21 heavy (non-hydrogen) atoms. The van der Waals surface area contributed by atoms with Gasteiger partial charge in [0, 0.05) is 23.4 Å². The highest BCUT2D eigenvalue weighted by Gasteiger charge is 2.38. The van der Waals surface area contributed by atoms with Crippen LogP contribution in [0.2, 0.25) is 0 Å². The quantitative estimate of drug-likeness (QED) is 0.901. The van der Waals surface area contributed by atoms with Crippen LogP contribution in [0, 0.1) is 0 Å². The van der Waals surface area contributed by atoms with Gasteiger partial charge in [0.25, 0.3) is 0 Å². The third kappa shape index (κ3) is 4.60. The van der Waals surface area contributed by atoms with Gasteiger partial charge in [-0.05, 0) is 44.5 Å². The Morgan fingerprint density at radius 1 is 1.29 bits per heavy atom. The number of hydrogen-bond donors (Lipinski definition) is 1. The molecule has 0 saturated heterocycles. The Kier molecular flexibility index (Phi) is 3.58. The van der Waals surface area contributed by atoms with Gasteiger partial charge < -0.3 is 14.7 Å². The van der Waals surface area contributed by atoms with E-state index < -0.39 is 32.0 Å². The summed E-state index contributed by atoms with van der Waals surface area (Å²) in [6.07, 6.45) is 2.71. The summed E-state index contributed by atoms with van der Waals surface area (Å²) in [6, 6.07) is 6.26. The van der Waals surface area contributed by atoms with Crippen molar-refractivity contribution < 1.29 is 20.8 Å². The molecule has 3 nitrogen and oxygen atoms in total. The van der Waals surface area contributed by atoms with Crippen LogP contribution in [0.5, 0.6) is 5.75 Å². The van der Waals surface area contributed by atoms with E-state index in [1.54, 1.807) is 24.3 Å². The normalized spacial score (nSPS) is 26.4. The second kappa shape index (κ2) is 8.02. The number of rotatable bonds is 5. The summed E-state index contributed by atoms with van der Waals surface area (Å²) in [6.45, 7) is -9.30. The Labute approximate surface area is 146 Å². The van der Waals surface area contributed by atoms with Crippen molar-refractivity contribution >= 4 is 12.4 Å². The highest BCUT2D eigenvalue weighted by Crippen LogP contribution is 2.40. The minimum Gasteiger partial charge on any atom is -0.497 e. The molecule has 1 aliphatic carbocycles. The Bertz CT molecular complexity index is 643. The van der Waals surface area contributed by atoms with Gasteiger partial charge in [-0.3, -0.25) is 0 Å². The number of aliphatic hydroxyl groups is 1. The predicted molar refractivity (Wildman–Crippen MR) is 89.6 cm³/mol. The highest BCUT2D eigenvalue weighted by molar-refractivity contribution is 5.85. The number of likely N-dealkylation sites (N-methyl/N-ethyl adjacent to an activating group) is 1. The summed E-state index contributed by atoms with van der Waals surface area (Å²) in [7, 11) is 1.48. The molecule has 0 aromatic heterocycles. The van der Waals surface area contributed by atoms with E-state index >= 15 is 0 Å². The molecule has 0 bridgehead atoms. The van der Waals surface area contributed by atoms with Crippen LogP contribution in [-0.2, 0) is 0 Å². The van der Waals surface area contributed by atoms with Crippen molar-refractivity contribution in [3.8, 4) is 5.75 Å². The number of nitrogens with zero attached hydrogens (tertiary/aromatic N) is 1. The summed E-state index contributed by atoms with van der Waals surface area (Å²) < 4.78 is 68.3. The molecule has 1 atom stereocenters. The van der Waals surface area contributed by atoms with E-state index in [0.717, 1.165) is 6.42 Å². The average molecular weight is 322 g/mol. The number of halogens is 1. The maximum absolute atomic E-state index is 11.4. The van der Waals surface area contributed by atoms with Crippen molar-refractivity contribution in [2.75, 3.05) is 27.6 Å². The molecule has 1 N–H and O–H groups in total. The van der Waals surface area contributed by atoms with Crippen LogP contribution in [0.1, 0.15) is 54.6 Å². The van der Waals surface area contributed by atoms with Crippen molar-refractivity contribution in [2.45, 2.75) is 43.6 Å². The maximum Gasteiger partial charge on any atom is 0.118 e. The molecule has 0 heterocycles. The van der Waals surface area contributed by atoms with Crippen molar-refractivity contribution in [1.29, 1.82) is 0 Å². The van der Waals surface area contributed by atoms with Gasteiger partial charge in [0.1, 0.15) is 5.75 Å². The van der Waals surface area contributed by atoms with Gasteiger partial charge in [-0.1, -0.05) is 31.4 Å². The van der Waals surface area contributed by atoms with E-state index in [0.29, 0.717) is 24.2 Å². The van der Waals surface area contributed by atoms with Gasteiger partial charge in [0.15, 0.2) is 0 Å². The van der Waals surface area contributed by atoms with Crippen molar-refractivity contribution in [3.05, 3.63) is 29.8 Å².